The van der Waals surface area contributed by atoms with Crippen LogP contribution in [-0.4, -0.2) is 34.7 Å². The molecule has 0 saturated carbocycles. The molecule has 2 heteroatoms. The minimum Gasteiger partial charge on any atom is -0.389 e. The summed E-state index contributed by atoms with van der Waals surface area (Å²) in [5.41, 5.74) is -0.495. The highest BCUT2D eigenvalue weighted by Gasteiger charge is 2.27. The van der Waals surface area contributed by atoms with Gasteiger partial charge in [-0.25, -0.2) is 0 Å². The summed E-state index contributed by atoms with van der Waals surface area (Å²) in [5, 5.41) is 10.0. The van der Waals surface area contributed by atoms with E-state index >= 15 is 0 Å². The lowest BCUT2D eigenvalue weighted by atomic mass is 9.96. The Labute approximate surface area is 88.3 Å². The maximum Gasteiger partial charge on any atom is 0.0743 e. The van der Waals surface area contributed by atoms with Gasteiger partial charge in [-0.05, 0) is 39.2 Å². The number of hydrogen-bond donors (Lipinski definition) is 1. The van der Waals surface area contributed by atoms with Crippen LogP contribution in [0.25, 0.3) is 0 Å². The molecule has 2 nitrogen and oxygen atoms in total. The Bertz CT molecular complexity index is 168. The highest BCUT2D eigenvalue weighted by atomic mass is 16.3. The van der Waals surface area contributed by atoms with E-state index < -0.39 is 5.60 Å². The number of aliphatic hydroxyl groups is 1. The number of rotatable bonds is 4. The van der Waals surface area contributed by atoms with Gasteiger partial charge < -0.3 is 5.11 Å². The van der Waals surface area contributed by atoms with E-state index in [4.69, 9.17) is 0 Å². The fraction of sp³-hybridized carbons (Fsp3) is 1.00. The molecule has 0 amide bonds. The molecule has 1 aliphatic rings. The van der Waals surface area contributed by atoms with Gasteiger partial charge in [0.25, 0.3) is 0 Å². The van der Waals surface area contributed by atoms with Gasteiger partial charge in [-0.1, -0.05) is 20.3 Å². The first kappa shape index (κ1) is 12.0. The van der Waals surface area contributed by atoms with Crippen molar-refractivity contribution in [3.63, 3.8) is 0 Å². The highest BCUT2D eigenvalue weighted by molar-refractivity contribution is 4.82. The maximum atomic E-state index is 10.0. The van der Waals surface area contributed by atoms with Crippen molar-refractivity contribution in [1.29, 1.82) is 0 Å². The molecule has 0 aliphatic carbocycles. The molecule has 0 aromatic carbocycles. The normalized spacial score (nSPS) is 28.7. The third kappa shape index (κ3) is 3.25. The molecule has 14 heavy (non-hydrogen) atoms. The topological polar surface area (TPSA) is 23.5 Å². The average Bonchev–Trinajstić information content (AvgIpc) is 2.18. The van der Waals surface area contributed by atoms with E-state index in [1.165, 1.54) is 32.2 Å². The van der Waals surface area contributed by atoms with Crippen molar-refractivity contribution in [2.45, 2.75) is 64.5 Å². The lowest BCUT2D eigenvalue weighted by molar-refractivity contribution is -0.00675. The number of piperidine rings is 1. The smallest absolute Gasteiger partial charge is 0.0743 e. The lowest BCUT2D eigenvalue weighted by Crippen LogP contribution is -2.47. The highest BCUT2D eigenvalue weighted by Crippen LogP contribution is 2.22. The van der Waals surface area contributed by atoms with Gasteiger partial charge in [-0.3, -0.25) is 4.90 Å². The second kappa shape index (κ2) is 5.13. The fourth-order valence-electron chi connectivity index (χ4n) is 2.28. The summed E-state index contributed by atoms with van der Waals surface area (Å²) < 4.78 is 0. The van der Waals surface area contributed by atoms with Gasteiger partial charge >= 0.3 is 0 Å². The minimum atomic E-state index is -0.495. The Morgan fingerprint density at radius 1 is 1.36 bits per heavy atom. The van der Waals surface area contributed by atoms with Crippen LogP contribution in [0.2, 0.25) is 0 Å². The van der Waals surface area contributed by atoms with Gasteiger partial charge in [0.1, 0.15) is 0 Å². The predicted octanol–water partition coefficient (Wildman–Crippen LogP) is 2.41. The van der Waals surface area contributed by atoms with Crippen molar-refractivity contribution in [3.05, 3.63) is 0 Å². The summed E-state index contributed by atoms with van der Waals surface area (Å²) in [6.07, 6.45) is 6.05. The number of nitrogens with zero attached hydrogens (tertiary/aromatic N) is 1. The zero-order valence-electron chi connectivity index (χ0n) is 9.92. The zero-order chi connectivity index (χ0) is 10.6. The van der Waals surface area contributed by atoms with E-state index in [9.17, 15) is 5.11 Å². The number of likely N-dealkylation sites (tertiary alicyclic amines) is 1. The molecule has 0 spiro atoms. The second-order valence-corrected chi connectivity index (χ2v) is 4.88. The molecule has 1 N–H and O–H groups in total. The van der Waals surface area contributed by atoms with Gasteiger partial charge in [-0.15, -0.1) is 0 Å². The van der Waals surface area contributed by atoms with Crippen LogP contribution in [0, 0.1) is 0 Å². The molecule has 1 aliphatic heterocycles. The number of hydrogen-bond acceptors (Lipinski definition) is 2. The van der Waals surface area contributed by atoms with E-state index in [1.54, 1.807) is 0 Å². The molecule has 2 atom stereocenters. The van der Waals surface area contributed by atoms with Crippen molar-refractivity contribution < 1.29 is 5.11 Å². The van der Waals surface area contributed by atoms with Crippen molar-refractivity contribution in [2.24, 2.45) is 0 Å². The standard InChI is InChI=1S/C12H25NO/c1-4-11-8-6-7-9-13(11)10-12(3,14)5-2/h11,14H,4-10H2,1-3H3. The molecule has 0 bridgehead atoms. The monoisotopic (exact) mass is 199 g/mol. The molecule has 84 valence electrons. The summed E-state index contributed by atoms with van der Waals surface area (Å²) in [7, 11) is 0. The first-order valence-electron chi connectivity index (χ1n) is 6.05. The summed E-state index contributed by atoms with van der Waals surface area (Å²) >= 11 is 0. The molecular formula is C12H25NO. The van der Waals surface area contributed by atoms with E-state index in [-0.39, 0.29) is 0 Å². The van der Waals surface area contributed by atoms with Crippen LogP contribution < -0.4 is 0 Å². The molecule has 0 radical (unpaired) electrons. The molecule has 1 saturated heterocycles. The van der Waals surface area contributed by atoms with E-state index in [1.807, 2.05) is 6.92 Å². The minimum absolute atomic E-state index is 0.495. The van der Waals surface area contributed by atoms with Crippen LogP contribution in [0.15, 0.2) is 0 Å². The molecule has 0 aromatic heterocycles. The van der Waals surface area contributed by atoms with Crippen LogP contribution in [0.1, 0.15) is 52.9 Å². The zero-order valence-corrected chi connectivity index (χ0v) is 9.92. The van der Waals surface area contributed by atoms with E-state index in [0.29, 0.717) is 6.04 Å². The Kier molecular flexibility index (Phi) is 4.39. The van der Waals surface area contributed by atoms with Gasteiger partial charge in [0.15, 0.2) is 0 Å². The molecule has 2 unspecified atom stereocenters. The SMILES string of the molecule is CCC1CCCCN1CC(C)(O)CC. The van der Waals surface area contributed by atoms with Crippen LogP contribution >= 0.6 is 0 Å². The lowest BCUT2D eigenvalue weighted by Gasteiger charge is -2.39. The van der Waals surface area contributed by atoms with Crippen LogP contribution in [0.4, 0.5) is 0 Å². The van der Waals surface area contributed by atoms with Gasteiger partial charge in [0.2, 0.25) is 0 Å². The van der Waals surface area contributed by atoms with Crippen molar-refractivity contribution in [2.75, 3.05) is 13.1 Å². The molecule has 0 aromatic rings. The molecule has 1 heterocycles. The third-order valence-corrected chi connectivity index (χ3v) is 3.53. The summed E-state index contributed by atoms with van der Waals surface area (Å²) in [6.45, 7) is 8.29. The Balaban J connectivity index is 2.48. The predicted molar refractivity (Wildman–Crippen MR) is 60.4 cm³/mol. The third-order valence-electron chi connectivity index (χ3n) is 3.53. The average molecular weight is 199 g/mol. The fourth-order valence-corrected chi connectivity index (χ4v) is 2.28. The molecular weight excluding hydrogens is 174 g/mol. The van der Waals surface area contributed by atoms with Crippen LogP contribution in [-0.2, 0) is 0 Å². The molecule has 1 fully saturated rings. The van der Waals surface area contributed by atoms with Gasteiger partial charge in [-0.2, -0.15) is 0 Å². The largest absolute Gasteiger partial charge is 0.389 e. The van der Waals surface area contributed by atoms with Gasteiger partial charge in [0, 0.05) is 12.6 Å². The number of β-amino-alcohol motifs (C(OH)–C–C–N with tert-alkyl or cyclic N) is 1. The van der Waals surface area contributed by atoms with Crippen molar-refractivity contribution in [1.82, 2.24) is 4.90 Å². The summed E-state index contributed by atoms with van der Waals surface area (Å²) in [4.78, 5) is 2.48. The maximum absolute atomic E-state index is 10.0. The Morgan fingerprint density at radius 3 is 2.64 bits per heavy atom. The van der Waals surface area contributed by atoms with E-state index in [0.717, 1.165) is 13.0 Å². The Hall–Kier alpha value is -0.0800. The quantitative estimate of drug-likeness (QED) is 0.751. The van der Waals surface area contributed by atoms with Crippen LogP contribution in [0.5, 0.6) is 0 Å². The first-order valence-corrected chi connectivity index (χ1v) is 6.05. The first-order chi connectivity index (χ1) is 6.59. The van der Waals surface area contributed by atoms with Crippen molar-refractivity contribution in [3.8, 4) is 0 Å². The Morgan fingerprint density at radius 2 is 2.07 bits per heavy atom. The van der Waals surface area contributed by atoms with Gasteiger partial charge in [0.05, 0.1) is 5.60 Å². The summed E-state index contributed by atoms with van der Waals surface area (Å²) in [6, 6.07) is 0.710. The van der Waals surface area contributed by atoms with Crippen molar-refractivity contribution >= 4 is 0 Å². The van der Waals surface area contributed by atoms with Crippen LogP contribution in [0.3, 0.4) is 0 Å². The summed E-state index contributed by atoms with van der Waals surface area (Å²) in [5.74, 6) is 0. The molecule has 1 rings (SSSR count). The second-order valence-electron chi connectivity index (χ2n) is 4.88. The van der Waals surface area contributed by atoms with E-state index in [2.05, 4.69) is 18.7 Å².